The summed E-state index contributed by atoms with van der Waals surface area (Å²) in [5.74, 6) is -1.37. The fraction of sp³-hybridized carbons (Fsp3) is 0.533. The van der Waals surface area contributed by atoms with Gasteiger partial charge < -0.3 is 15.7 Å². The Kier molecular flexibility index (Phi) is 5.85. The summed E-state index contributed by atoms with van der Waals surface area (Å²) < 4.78 is 36.5. The van der Waals surface area contributed by atoms with E-state index in [1.54, 1.807) is 0 Å². The van der Waals surface area contributed by atoms with E-state index in [2.05, 4.69) is 10.6 Å². The minimum atomic E-state index is -3.65. The van der Waals surface area contributed by atoms with Crippen LogP contribution in [0.25, 0.3) is 0 Å². The second kappa shape index (κ2) is 7.35. The van der Waals surface area contributed by atoms with Gasteiger partial charge in [-0.25, -0.2) is 12.8 Å². The number of benzene rings is 1. The molecule has 134 valence electrons. The van der Waals surface area contributed by atoms with Gasteiger partial charge >= 0.3 is 0 Å². The second-order valence-electron chi connectivity index (χ2n) is 5.88. The summed E-state index contributed by atoms with van der Waals surface area (Å²) in [6, 6.07) is 3.98. The molecule has 0 saturated carbocycles. The zero-order chi connectivity index (χ0) is 18.0. The van der Waals surface area contributed by atoms with Crippen LogP contribution in [0.2, 0.25) is 5.02 Å². The largest absolute Gasteiger partial charge is 0.386 e. The highest BCUT2D eigenvalue weighted by molar-refractivity contribution is 7.92. The number of rotatable bonds is 5. The summed E-state index contributed by atoms with van der Waals surface area (Å²) >= 11 is 5.87. The van der Waals surface area contributed by atoms with Gasteiger partial charge in [-0.1, -0.05) is 17.7 Å². The van der Waals surface area contributed by atoms with Crippen LogP contribution in [0, 0.1) is 5.82 Å². The first-order valence-corrected chi connectivity index (χ1v) is 9.76. The number of nitrogens with one attached hydrogen (secondary N) is 2. The van der Waals surface area contributed by atoms with Crippen LogP contribution in [0.5, 0.6) is 0 Å². The SMILES string of the molecule is CS(=O)(=O)C1(C(=O)NCC(O)c2c(F)cccc2Cl)CCNCC1. The van der Waals surface area contributed by atoms with Gasteiger partial charge in [0, 0.05) is 23.4 Å². The molecule has 3 N–H and O–H groups in total. The molecule has 1 aromatic carbocycles. The summed E-state index contributed by atoms with van der Waals surface area (Å²) in [6.45, 7) is 0.481. The molecule has 1 fully saturated rings. The van der Waals surface area contributed by atoms with E-state index >= 15 is 0 Å². The van der Waals surface area contributed by atoms with Crippen LogP contribution in [0.4, 0.5) is 4.39 Å². The molecule has 1 aromatic rings. The van der Waals surface area contributed by atoms with E-state index in [1.165, 1.54) is 12.1 Å². The van der Waals surface area contributed by atoms with Crippen molar-refractivity contribution in [3.63, 3.8) is 0 Å². The summed E-state index contributed by atoms with van der Waals surface area (Å²) in [5, 5.41) is 15.6. The van der Waals surface area contributed by atoms with Crippen LogP contribution in [-0.4, -0.2) is 50.1 Å². The van der Waals surface area contributed by atoms with Crippen LogP contribution >= 0.6 is 11.6 Å². The third-order valence-electron chi connectivity index (χ3n) is 4.32. The topological polar surface area (TPSA) is 95.5 Å². The quantitative estimate of drug-likeness (QED) is 0.704. The highest BCUT2D eigenvalue weighted by atomic mass is 35.5. The summed E-state index contributed by atoms with van der Waals surface area (Å²) in [4.78, 5) is 12.5. The number of carbonyl (C=O) groups is 1. The lowest BCUT2D eigenvalue weighted by molar-refractivity contribution is -0.124. The predicted molar refractivity (Wildman–Crippen MR) is 89.1 cm³/mol. The van der Waals surface area contributed by atoms with Crippen molar-refractivity contribution in [1.82, 2.24) is 10.6 Å². The second-order valence-corrected chi connectivity index (χ2v) is 8.61. The molecular formula is C15H20ClFN2O4S. The highest BCUT2D eigenvalue weighted by Crippen LogP contribution is 2.29. The minimum absolute atomic E-state index is 0.0384. The monoisotopic (exact) mass is 378 g/mol. The molecule has 1 aliphatic heterocycles. The zero-order valence-corrected chi connectivity index (χ0v) is 14.8. The third-order valence-corrected chi connectivity index (χ3v) is 6.67. The van der Waals surface area contributed by atoms with E-state index in [4.69, 9.17) is 11.6 Å². The summed E-state index contributed by atoms with van der Waals surface area (Å²) in [6.07, 6.45) is -0.0502. The molecular weight excluding hydrogens is 359 g/mol. The number of halogens is 2. The first kappa shape index (κ1) is 19.1. The smallest absolute Gasteiger partial charge is 0.241 e. The molecule has 1 saturated heterocycles. The van der Waals surface area contributed by atoms with Gasteiger partial charge in [0.25, 0.3) is 0 Å². The first-order valence-electron chi connectivity index (χ1n) is 7.49. The lowest BCUT2D eigenvalue weighted by atomic mass is 9.95. The number of piperidine rings is 1. The molecule has 0 aliphatic carbocycles. The molecule has 0 spiro atoms. The van der Waals surface area contributed by atoms with E-state index in [0.29, 0.717) is 13.1 Å². The van der Waals surface area contributed by atoms with E-state index in [9.17, 15) is 22.7 Å². The average Bonchev–Trinajstić information content (AvgIpc) is 2.52. The maximum atomic E-state index is 13.8. The molecule has 24 heavy (non-hydrogen) atoms. The van der Waals surface area contributed by atoms with Crippen LogP contribution < -0.4 is 10.6 Å². The molecule has 1 heterocycles. The van der Waals surface area contributed by atoms with Crippen LogP contribution in [0.1, 0.15) is 24.5 Å². The van der Waals surface area contributed by atoms with Crippen molar-refractivity contribution in [2.24, 2.45) is 0 Å². The lowest BCUT2D eigenvalue weighted by Gasteiger charge is -2.34. The number of aliphatic hydroxyl groups is 1. The Bertz CT molecular complexity index is 700. The van der Waals surface area contributed by atoms with Gasteiger partial charge in [-0.05, 0) is 38.1 Å². The van der Waals surface area contributed by atoms with Crippen LogP contribution in [0.15, 0.2) is 18.2 Å². The van der Waals surface area contributed by atoms with Crippen molar-refractivity contribution in [3.8, 4) is 0 Å². The Morgan fingerprint density at radius 1 is 1.46 bits per heavy atom. The predicted octanol–water partition coefficient (Wildman–Crippen LogP) is 0.795. The molecule has 0 radical (unpaired) electrons. The van der Waals surface area contributed by atoms with Gasteiger partial charge in [0.15, 0.2) is 14.6 Å². The maximum absolute atomic E-state index is 13.8. The number of sulfone groups is 1. The van der Waals surface area contributed by atoms with Crippen LogP contribution in [0.3, 0.4) is 0 Å². The van der Waals surface area contributed by atoms with E-state index in [0.717, 1.165) is 12.3 Å². The van der Waals surface area contributed by atoms with Crippen molar-refractivity contribution in [3.05, 3.63) is 34.6 Å². The Morgan fingerprint density at radius 3 is 2.62 bits per heavy atom. The average molecular weight is 379 g/mol. The molecule has 1 aliphatic rings. The number of aliphatic hydroxyl groups excluding tert-OH is 1. The van der Waals surface area contributed by atoms with Crippen molar-refractivity contribution >= 4 is 27.3 Å². The van der Waals surface area contributed by atoms with Crippen LogP contribution in [-0.2, 0) is 14.6 Å². The number of carbonyl (C=O) groups excluding carboxylic acids is 1. The van der Waals surface area contributed by atoms with E-state index in [1.807, 2.05) is 0 Å². The fourth-order valence-electron chi connectivity index (χ4n) is 2.88. The van der Waals surface area contributed by atoms with Gasteiger partial charge in [-0.15, -0.1) is 0 Å². The molecule has 1 unspecified atom stereocenters. The molecule has 0 aromatic heterocycles. The Morgan fingerprint density at radius 2 is 2.08 bits per heavy atom. The molecule has 9 heteroatoms. The molecule has 1 atom stereocenters. The Balaban J connectivity index is 2.14. The highest BCUT2D eigenvalue weighted by Gasteiger charge is 2.48. The van der Waals surface area contributed by atoms with Gasteiger partial charge in [-0.3, -0.25) is 4.79 Å². The lowest BCUT2D eigenvalue weighted by Crippen LogP contribution is -2.57. The Labute approximate surface area is 145 Å². The fourth-order valence-corrected chi connectivity index (χ4v) is 4.52. The minimum Gasteiger partial charge on any atom is -0.386 e. The first-order chi connectivity index (χ1) is 11.2. The molecule has 6 nitrogen and oxygen atoms in total. The van der Waals surface area contributed by atoms with Crippen molar-refractivity contribution in [2.45, 2.75) is 23.7 Å². The number of hydrogen-bond donors (Lipinski definition) is 3. The molecule has 2 rings (SSSR count). The third kappa shape index (κ3) is 3.72. The van der Waals surface area contributed by atoms with E-state index < -0.39 is 32.4 Å². The molecule has 1 amide bonds. The van der Waals surface area contributed by atoms with E-state index in [-0.39, 0.29) is 30.0 Å². The Hall–Kier alpha value is -1.22. The standard InChI is InChI=1S/C15H20ClFN2O4S/c1-24(22,23)15(5-7-18-8-6-15)14(21)19-9-12(20)13-10(16)3-2-4-11(13)17/h2-4,12,18,20H,5-9H2,1H3,(H,19,21). The number of amides is 1. The van der Waals surface area contributed by atoms with Crippen molar-refractivity contribution < 1.29 is 22.7 Å². The van der Waals surface area contributed by atoms with Gasteiger partial charge in [0.2, 0.25) is 5.91 Å². The molecule has 0 bridgehead atoms. The maximum Gasteiger partial charge on any atom is 0.241 e. The zero-order valence-electron chi connectivity index (χ0n) is 13.2. The van der Waals surface area contributed by atoms with Gasteiger partial charge in [0.05, 0.1) is 0 Å². The summed E-state index contributed by atoms with van der Waals surface area (Å²) in [5.41, 5.74) is -0.127. The normalized spacial score (nSPS) is 18.8. The van der Waals surface area contributed by atoms with Crippen molar-refractivity contribution in [1.29, 1.82) is 0 Å². The van der Waals surface area contributed by atoms with Gasteiger partial charge in [-0.2, -0.15) is 0 Å². The van der Waals surface area contributed by atoms with Crippen molar-refractivity contribution in [2.75, 3.05) is 25.9 Å². The summed E-state index contributed by atoms with van der Waals surface area (Å²) in [7, 11) is -3.65. The van der Waals surface area contributed by atoms with Gasteiger partial charge in [0.1, 0.15) is 11.9 Å². The number of hydrogen-bond acceptors (Lipinski definition) is 5.